The monoisotopic (exact) mass is 721 g/mol. The van der Waals surface area contributed by atoms with Gasteiger partial charge in [0.15, 0.2) is 5.78 Å². The Morgan fingerprint density at radius 3 is 1.67 bits per heavy atom. The van der Waals surface area contributed by atoms with Crippen LogP contribution in [0.1, 0.15) is 138 Å². The Balaban J connectivity index is 2.17. The van der Waals surface area contributed by atoms with E-state index in [0.717, 1.165) is 115 Å². The van der Waals surface area contributed by atoms with Crippen LogP contribution in [0.2, 0.25) is 0 Å². The molecule has 52 heavy (non-hydrogen) atoms. The summed E-state index contributed by atoms with van der Waals surface area (Å²) in [4.78, 5) is 32.7. The highest BCUT2D eigenvalue weighted by Gasteiger charge is 2.43. The van der Waals surface area contributed by atoms with Crippen molar-refractivity contribution in [2.75, 3.05) is 44.3 Å². The van der Waals surface area contributed by atoms with Gasteiger partial charge in [-0.25, -0.2) is 0 Å². The molecule has 0 saturated heterocycles. The Morgan fingerprint density at radius 1 is 0.635 bits per heavy atom. The molecule has 2 atom stereocenters. The van der Waals surface area contributed by atoms with Crippen molar-refractivity contribution in [2.24, 2.45) is 11.8 Å². The van der Waals surface area contributed by atoms with Crippen LogP contribution in [-0.4, -0.2) is 66.1 Å². The maximum absolute atomic E-state index is 14.3. The van der Waals surface area contributed by atoms with Crippen molar-refractivity contribution in [3.8, 4) is 11.5 Å². The quantitative estimate of drug-likeness (QED) is 0.0963. The fraction of sp³-hybridized carbons (Fsp3) is 0.636. The molecule has 0 radical (unpaired) electrons. The normalized spacial score (nSPS) is 17.1. The fourth-order valence-corrected chi connectivity index (χ4v) is 7.15. The van der Waals surface area contributed by atoms with Gasteiger partial charge < -0.3 is 29.5 Å². The molecule has 2 unspecified atom stereocenters. The molecule has 1 aromatic rings. The number of aliphatic hydroxyl groups excluding tert-OH is 1. The van der Waals surface area contributed by atoms with Gasteiger partial charge >= 0.3 is 0 Å². The van der Waals surface area contributed by atoms with E-state index in [4.69, 9.17) is 9.47 Å². The second-order valence-electron chi connectivity index (χ2n) is 14.5. The van der Waals surface area contributed by atoms with Gasteiger partial charge in [0.2, 0.25) is 5.78 Å². The van der Waals surface area contributed by atoms with E-state index < -0.39 is 5.78 Å². The van der Waals surface area contributed by atoms with E-state index >= 15 is 0 Å². The predicted molar refractivity (Wildman–Crippen MR) is 214 cm³/mol. The molecule has 0 aromatic heterocycles. The van der Waals surface area contributed by atoms with Gasteiger partial charge in [0, 0.05) is 61.8 Å². The second kappa shape index (κ2) is 21.8. The van der Waals surface area contributed by atoms with Crippen molar-refractivity contribution in [3.05, 3.63) is 58.2 Å². The number of carbonyl (C=O) groups is 2. The summed E-state index contributed by atoms with van der Waals surface area (Å²) < 4.78 is 12.9. The molecule has 0 saturated carbocycles. The zero-order chi connectivity index (χ0) is 38.2. The van der Waals surface area contributed by atoms with Crippen molar-refractivity contribution in [3.63, 3.8) is 0 Å². The number of aliphatic hydroxyl groups is 1. The van der Waals surface area contributed by atoms with Crippen LogP contribution in [0, 0.1) is 11.8 Å². The number of phenolic OH excluding ortho intramolecular Hbond substituents is 1. The average molecular weight is 721 g/mol. The minimum absolute atomic E-state index is 0.0319. The van der Waals surface area contributed by atoms with Crippen LogP contribution in [0.4, 0.5) is 5.69 Å². The molecule has 290 valence electrons. The van der Waals surface area contributed by atoms with Crippen LogP contribution in [0.25, 0.3) is 5.57 Å². The number of rotatable bonds is 25. The van der Waals surface area contributed by atoms with Gasteiger partial charge in [0.25, 0.3) is 0 Å². The van der Waals surface area contributed by atoms with Crippen molar-refractivity contribution < 1.29 is 29.3 Å². The van der Waals surface area contributed by atoms with Gasteiger partial charge in [-0.3, -0.25) is 9.59 Å². The Kier molecular flexibility index (Phi) is 17.9. The van der Waals surface area contributed by atoms with E-state index in [2.05, 4.69) is 65.2 Å². The topological polar surface area (TPSA) is 99.5 Å². The van der Waals surface area contributed by atoms with Crippen LogP contribution in [0.3, 0.4) is 0 Å². The summed E-state index contributed by atoms with van der Waals surface area (Å²) in [5.41, 5.74) is 1.71. The molecule has 0 aliphatic heterocycles. The molecule has 8 nitrogen and oxygen atoms in total. The lowest BCUT2D eigenvalue weighted by Gasteiger charge is -2.31. The number of carbonyl (C=O) groups excluding carboxylic acids is 2. The maximum atomic E-state index is 14.3. The van der Waals surface area contributed by atoms with Crippen LogP contribution >= 0.6 is 0 Å². The molecule has 0 heterocycles. The largest absolute Gasteiger partial charge is 0.507 e. The minimum atomic E-state index is -0.505. The number of phenols is 1. The lowest BCUT2D eigenvalue weighted by atomic mass is 9.78. The molecule has 2 aliphatic rings. The molecule has 0 fully saturated rings. The Morgan fingerprint density at radius 2 is 1.17 bits per heavy atom. The van der Waals surface area contributed by atoms with Crippen LogP contribution in [-0.2, 0) is 14.3 Å². The number of aromatic hydroxyl groups is 1. The zero-order valence-corrected chi connectivity index (χ0v) is 33.6. The fourth-order valence-electron chi connectivity index (χ4n) is 7.15. The number of nitrogens with zero attached hydrogens (tertiary/aromatic N) is 2. The Labute approximate surface area is 314 Å². The number of ether oxygens (including phenoxy) is 2. The smallest absolute Gasteiger partial charge is 0.202 e. The van der Waals surface area contributed by atoms with Crippen LogP contribution < -0.4 is 9.64 Å². The van der Waals surface area contributed by atoms with Gasteiger partial charge in [-0.2, -0.15) is 0 Å². The summed E-state index contributed by atoms with van der Waals surface area (Å²) in [6, 6.07) is 3.55. The summed E-state index contributed by atoms with van der Waals surface area (Å²) in [7, 11) is 0. The number of anilines is 1. The van der Waals surface area contributed by atoms with Crippen molar-refractivity contribution >= 4 is 22.8 Å². The van der Waals surface area contributed by atoms with E-state index in [1.54, 1.807) is 12.1 Å². The molecule has 0 spiro atoms. The van der Waals surface area contributed by atoms with E-state index in [1.807, 2.05) is 12.1 Å². The third-order valence-electron chi connectivity index (χ3n) is 10.3. The first kappa shape index (κ1) is 42.7. The standard InChI is InChI=1S/C44H68N2O6/c1-9-17-19-31(15-7)29-51-37-27-33(45(21-11-3)22-12-4)25-35(47)39(37)41-43(49)42(44(41)50)40-36(48)26-34(46(23-13-5)24-14-6)28-38(40)52-30-32(16-8)20-18-10-2/h25-28,31-32,47,49H,9-24,29-30H2,1-8H3. The number of hydrogen-bond donors (Lipinski definition) is 2. The van der Waals surface area contributed by atoms with Crippen molar-refractivity contribution in [1.29, 1.82) is 0 Å². The summed E-state index contributed by atoms with van der Waals surface area (Å²) in [5, 5.41) is 23.4. The lowest BCUT2D eigenvalue weighted by Crippen LogP contribution is -2.31. The van der Waals surface area contributed by atoms with E-state index in [-0.39, 0.29) is 39.6 Å². The van der Waals surface area contributed by atoms with Crippen LogP contribution in [0.5, 0.6) is 11.5 Å². The highest BCUT2D eigenvalue weighted by atomic mass is 16.5. The van der Waals surface area contributed by atoms with Gasteiger partial charge in [0.1, 0.15) is 23.0 Å². The zero-order valence-electron chi connectivity index (χ0n) is 33.6. The maximum Gasteiger partial charge on any atom is 0.202 e. The third kappa shape index (κ3) is 10.7. The number of hydrogen-bond acceptors (Lipinski definition) is 8. The minimum Gasteiger partial charge on any atom is -0.507 e. The summed E-state index contributed by atoms with van der Waals surface area (Å²) in [5.74, 6) is -0.0317. The SMILES string of the molecule is CCCCC(CC)COC1=CC(N(CCC)CCC)=CC(=O)C1=C1C(=O)C(c2c(O)cc(N(CCC)CCC)cc2OCC(CC)CCCC)=C1O. The Hall–Kier alpha value is -3.68. The molecule has 3 rings (SSSR count). The van der Waals surface area contributed by atoms with E-state index in [0.29, 0.717) is 36.6 Å². The van der Waals surface area contributed by atoms with Gasteiger partial charge in [-0.1, -0.05) is 93.9 Å². The lowest BCUT2D eigenvalue weighted by molar-refractivity contribution is -0.114. The number of ketones is 2. The molecule has 0 amide bonds. The number of unbranched alkanes of at least 4 members (excludes halogenated alkanes) is 2. The molecular weight excluding hydrogens is 652 g/mol. The summed E-state index contributed by atoms with van der Waals surface area (Å²) in [6.07, 6.45) is 15.4. The van der Waals surface area contributed by atoms with Crippen molar-refractivity contribution in [2.45, 2.75) is 132 Å². The Bertz CT molecular complexity index is 1460. The third-order valence-corrected chi connectivity index (χ3v) is 10.3. The highest BCUT2D eigenvalue weighted by molar-refractivity contribution is 6.42. The molecule has 8 heteroatoms. The number of benzene rings is 1. The predicted octanol–water partition coefficient (Wildman–Crippen LogP) is 10.5. The first-order chi connectivity index (χ1) is 25.1. The number of Topliss-reactive ketones (excluding diaryl/α,β-unsaturated/α-hetero) is 1. The van der Waals surface area contributed by atoms with Crippen molar-refractivity contribution in [1.82, 2.24) is 4.90 Å². The van der Waals surface area contributed by atoms with E-state index in [1.165, 1.54) is 0 Å². The average Bonchev–Trinajstić information content (AvgIpc) is 3.13. The molecule has 0 bridgehead atoms. The molecular formula is C44H68N2O6. The molecule has 2 aliphatic carbocycles. The highest BCUT2D eigenvalue weighted by Crippen LogP contribution is 2.48. The van der Waals surface area contributed by atoms with Gasteiger partial charge in [-0.15, -0.1) is 0 Å². The van der Waals surface area contributed by atoms with Gasteiger partial charge in [0.05, 0.1) is 35.5 Å². The molecule has 1 aromatic carbocycles. The summed E-state index contributed by atoms with van der Waals surface area (Å²) >= 11 is 0. The first-order valence-electron chi connectivity index (χ1n) is 20.5. The van der Waals surface area contributed by atoms with Gasteiger partial charge in [-0.05, 0) is 50.4 Å². The molecule has 2 N–H and O–H groups in total. The number of allylic oxidation sites excluding steroid dienone is 5. The summed E-state index contributed by atoms with van der Waals surface area (Å²) in [6.45, 7) is 21.1. The van der Waals surface area contributed by atoms with E-state index in [9.17, 15) is 19.8 Å². The van der Waals surface area contributed by atoms with Crippen LogP contribution in [0.15, 0.2) is 52.6 Å². The first-order valence-corrected chi connectivity index (χ1v) is 20.5. The second-order valence-corrected chi connectivity index (χ2v) is 14.5.